The Hall–Kier alpha value is -1.21. The maximum Gasteiger partial charge on any atom is 0.246 e. The van der Waals surface area contributed by atoms with Crippen LogP contribution < -0.4 is 5.73 Å². The summed E-state index contributed by atoms with van der Waals surface area (Å²) < 4.78 is 26.8. The summed E-state index contributed by atoms with van der Waals surface area (Å²) in [7, 11) is -3.54. The first kappa shape index (κ1) is 14.2. The third-order valence-corrected chi connectivity index (χ3v) is 5.70. The highest BCUT2D eigenvalue weighted by atomic mass is 32.2. The Morgan fingerprint density at radius 1 is 1.26 bits per heavy atom. The first-order valence-electron chi connectivity index (χ1n) is 6.41. The van der Waals surface area contributed by atoms with Crippen molar-refractivity contribution in [2.45, 2.75) is 38.1 Å². The number of anilines is 1. The molecule has 0 saturated carbocycles. The Labute approximate surface area is 114 Å². The zero-order valence-electron chi connectivity index (χ0n) is 11.4. The van der Waals surface area contributed by atoms with Gasteiger partial charge in [0.1, 0.15) is 4.90 Å². The molecule has 19 heavy (non-hydrogen) atoms. The maximum absolute atomic E-state index is 12.6. The van der Waals surface area contributed by atoms with Gasteiger partial charge in [0.15, 0.2) is 0 Å². The minimum atomic E-state index is -3.54. The van der Waals surface area contributed by atoms with Gasteiger partial charge < -0.3 is 5.73 Å². The van der Waals surface area contributed by atoms with Crippen molar-refractivity contribution in [3.8, 4) is 0 Å². The van der Waals surface area contributed by atoms with Crippen LogP contribution in [0.4, 0.5) is 5.95 Å². The van der Waals surface area contributed by atoms with Crippen molar-refractivity contribution >= 4 is 16.0 Å². The lowest BCUT2D eigenvalue weighted by atomic mass is 9.88. The first-order valence-corrected chi connectivity index (χ1v) is 7.85. The lowest BCUT2D eigenvalue weighted by Gasteiger charge is -2.39. The molecule has 0 amide bonds. The molecule has 1 aromatic rings. The van der Waals surface area contributed by atoms with Crippen LogP contribution >= 0.6 is 0 Å². The van der Waals surface area contributed by atoms with Crippen LogP contribution in [0.5, 0.6) is 0 Å². The van der Waals surface area contributed by atoms with Crippen LogP contribution in [0.3, 0.4) is 0 Å². The topological polar surface area (TPSA) is 89.2 Å². The van der Waals surface area contributed by atoms with Crippen LogP contribution in [0.1, 0.15) is 27.2 Å². The summed E-state index contributed by atoms with van der Waals surface area (Å²) in [5.74, 6) is 0.774. The Kier molecular flexibility index (Phi) is 3.78. The fourth-order valence-corrected chi connectivity index (χ4v) is 4.31. The molecule has 1 fully saturated rings. The van der Waals surface area contributed by atoms with Crippen LogP contribution in [0, 0.1) is 11.8 Å². The fourth-order valence-electron chi connectivity index (χ4n) is 2.58. The van der Waals surface area contributed by atoms with Gasteiger partial charge in [-0.3, -0.25) is 0 Å². The first-order chi connectivity index (χ1) is 8.82. The molecule has 6 nitrogen and oxygen atoms in total. The average Bonchev–Trinajstić information content (AvgIpc) is 2.34. The van der Waals surface area contributed by atoms with Crippen molar-refractivity contribution < 1.29 is 8.42 Å². The molecule has 2 rings (SSSR count). The van der Waals surface area contributed by atoms with Gasteiger partial charge in [-0.25, -0.2) is 18.4 Å². The molecule has 1 aliphatic rings. The van der Waals surface area contributed by atoms with E-state index in [0.29, 0.717) is 18.4 Å². The van der Waals surface area contributed by atoms with Crippen LogP contribution in [-0.2, 0) is 10.0 Å². The summed E-state index contributed by atoms with van der Waals surface area (Å²) in [6.07, 6.45) is 3.59. The van der Waals surface area contributed by atoms with Gasteiger partial charge in [0, 0.05) is 12.6 Å². The number of sulfonamides is 1. The molecule has 2 heterocycles. The SMILES string of the molecule is CC1CC(C)C(C)N(S(=O)(=O)c2cnc(N)nc2)C1. The quantitative estimate of drug-likeness (QED) is 0.879. The normalized spacial score (nSPS) is 29.3. The van der Waals surface area contributed by atoms with Crippen molar-refractivity contribution in [2.75, 3.05) is 12.3 Å². The Bertz CT molecular complexity index is 543. The average molecular weight is 284 g/mol. The van der Waals surface area contributed by atoms with Crippen molar-refractivity contribution in [3.05, 3.63) is 12.4 Å². The molecular formula is C12H20N4O2S. The zero-order valence-corrected chi connectivity index (χ0v) is 12.3. The number of hydrogen-bond acceptors (Lipinski definition) is 5. The molecular weight excluding hydrogens is 264 g/mol. The summed E-state index contributed by atoms with van der Waals surface area (Å²) in [6, 6.07) is -0.0150. The summed E-state index contributed by atoms with van der Waals surface area (Å²) in [4.78, 5) is 7.63. The monoisotopic (exact) mass is 284 g/mol. The maximum atomic E-state index is 12.6. The zero-order chi connectivity index (χ0) is 14.2. The summed E-state index contributed by atoms with van der Waals surface area (Å²) in [5, 5.41) is 0. The summed E-state index contributed by atoms with van der Waals surface area (Å²) in [6.45, 7) is 6.65. The van der Waals surface area contributed by atoms with Crippen LogP contribution in [-0.4, -0.2) is 35.3 Å². The van der Waals surface area contributed by atoms with Crippen LogP contribution in [0.15, 0.2) is 17.3 Å². The predicted octanol–water partition coefficient (Wildman–Crippen LogP) is 1.11. The fraction of sp³-hybridized carbons (Fsp3) is 0.667. The molecule has 1 aliphatic heterocycles. The number of nitrogens with zero attached hydrogens (tertiary/aromatic N) is 3. The number of piperidine rings is 1. The van der Waals surface area contributed by atoms with E-state index in [2.05, 4.69) is 23.8 Å². The van der Waals surface area contributed by atoms with Gasteiger partial charge >= 0.3 is 0 Å². The van der Waals surface area contributed by atoms with Crippen molar-refractivity contribution in [3.63, 3.8) is 0 Å². The van der Waals surface area contributed by atoms with Crippen LogP contribution in [0.25, 0.3) is 0 Å². The molecule has 0 aliphatic carbocycles. The van der Waals surface area contributed by atoms with Gasteiger partial charge in [0.25, 0.3) is 0 Å². The van der Waals surface area contributed by atoms with E-state index in [4.69, 9.17) is 5.73 Å². The van der Waals surface area contributed by atoms with E-state index in [0.717, 1.165) is 6.42 Å². The molecule has 1 aromatic heterocycles. The highest BCUT2D eigenvalue weighted by Crippen LogP contribution is 2.31. The lowest BCUT2D eigenvalue weighted by Crippen LogP contribution is -2.48. The number of nitrogens with two attached hydrogens (primary N) is 1. The molecule has 106 valence electrons. The van der Waals surface area contributed by atoms with Crippen molar-refractivity contribution in [2.24, 2.45) is 11.8 Å². The van der Waals surface area contributed by atoms with Crippen LogP contribution in [0.2, 0.25) is 0 Å². The summed E-state index contributed by atoms with van der Waals surface area (Å²) in [5.41, 5.74) is 5.39. The van der Waals surface area contributed by atoms with E-state index in [1.54, 1.807) is 4.31 Å². The smallest absolute Gasteiger partial charge is 0.246 e. The van der Waals surface area contributed by atoms with E-state index in [1.807, 2.05) is 6.92 Å². The molecule has 7 heteroatoms. The minimum absolute atomic E-state index is 0.0150. The molecule has 1 saturated heterocycles. The molecule has 3 unspecified atom stereocenters. The summed E-state index contributed by atoms with van der Waals surface area (Å²) >= 11 is 0. The van der Waals surface area contributed by atoms with Crippen molar-refractivity contribution in [1.82, 2.24) is 14.3 Å². The minimum Gasteiger partial charge on any atom is -0.368 e. The third-order valence-electron chi connectivity index (χ3n) is 3.80. The third kappa shape index (κ3) is 2.71. The Morgan fingerprint density at radius 2 is 1.84 bits per heavy atom. The number of rotatable bonds is 2. The number of nitrogen functional groups attached to an aromatic ring is 1. The Morgan fingerprint density at radius 3 is 2.42 bits per heavy atom. The van der Waals surface area contributed by atoms with E-state index < -0.39 is 10.0 Å². The highest BCUT2D eigenvalue weighted by Gasteiger charge is 2.37. The van der Waals surface area contributed by atoms with Gasteiger partial charge in [0.2, 0.25) is 16.0 Å². The van der Waals surface area contributed by atoms with Gasteiger partial charge in [-0.15, -0.1) is 0 Å². The molecule has 0 bridgehead atoms. The van der Waals surface area contributed by atoms with E-state index in [-0.39, 0.29) is 16.9 Å². The van der Waals surface area contributed by atoms with E-state index in [9.17, 15) is 8.42 Å². The van der Waals surface area contributed by atoms with Crippen molar-refractivity contribution in [1.29, 1.82) is 0 Å². The molecule has 0 spiro atoms. The second-order valence-electron chi connectivity index (χ2n) is 5.41. The van der Waals surface area contributed by atoms with Gasteiger partial charge in [-0.2, -0.15) is 4.31 Å². The molecule has 2 N–H and O–H groups in total. The molecule has 3 atom stereocenters. The van der Waals surface area contributed by atoms with Gasteiger partial charge in [0.05, 0.1) is 12.4 Å². The lowest BCUT2D eigenvalue weighted by molar-refractivity contribution is 0.157. The number of hydrogen-bond donors (Lipinski definition) is 1. The molecule has 0 radical (unpaired) electrons. The standard InChI is InChI=1S/C12H20N4O2S/c1-8-4-9(2)10(3)16(7-8)19(17,18)11-5-14-12(13)15-6-11/h5-6,8-10H,4,7H2,1-3H3,(H2,13,14,15). The van der Waals surface area contributed by atoms with E-state index >= 15 is 0 Å². The largest absolute Gasteiger partial charge is 0.368 e. The second-order valence-corrected chi connectivity index (χ2v) is 7.30. The number of aromatic nitrogens is 2. The second kappa shape index (κ2) is 5.05. The molecule has 0 aromatic carbocycles. The van der Waals surface area contributed by atoms with E-state index in [1.165, 1.54) is 12.4 Å². The highest BCUT2D eigenvalue weighted by molar-refractivity contribution is 7.89. The predicted molar refractivity (Wildman–Crippen MR) is 72.7 cm³/mol. The van der Waals surface area contributed by atoms with Gasteiger partial charge in [-0.05, 0) is 25.2 Å². The van der Waals surface area contributed by atoms with Gasteiger partial charge in [-0.1, -0.05) is 13.8 Å². The Balaban J connectivity index is 2.35.